The van der Waals surface area contributed by atoms with Crippen LogP contribution in [0, 0.1) is 6.92 Å². The largest absolute Gasteiger partial charge is 0.384 e. The van der Waals surface area contributed by atoms with E-state index in [1.54, 1.807) is 17.5 Å². The molecule has 1 aliphatic rings. The molecule has 2 rings (SSSR count). The first-order valence-corrected chi connectivity index (χ1v) is 4.68. The first-order chi connectivity index (χ1) is 5.21. The van der Waals surface area contributed by atoms with Gasteiger partial charge in [0.2, 0.25) is 0 Å². The molecular weight excluding hydrogens is 158 g/mol. The van der Waals surface area contributed by atoms with Crippen LogP contribution < -0.4 is 0 Å². The molecule has 1 fully saturated rings. The van der Waals surface area contributed by atoms with Crippen LogP contribution in [0.5, 0.6) is 0 Å². The van der Waals surface area contributed by atoms with Gasteiger partial charge in [-0.3, -0.25) is 0 Å². The lowest BCUT2D eigenvalue weighted by molar-refractivity contribution is -0.0356. The molecule has 60 valence electrons. The van der Waals surface area contributed by atoms with Gasteiger partial charge in [0.25, 0.3) is 0 Å². The SMILES string of the molecule is Cc1ncc(C2(O)CCC2)s1. The van der Waals surface area contributed by atoms with Gasteiger partial charge >= 0.3 is 0 Å². The fourth-order valence-electron chi connectivity index (χ4n) is 1.33. The lowest BCUT2D eigenvalue weighted by Crippen LogP contribution is -2.32. The summed E-state index contributed by atoms with van der Waals surface area (Å²) >= 11 is 1.61. The van der Waals surface area contributed by atoms with Crippen molar-refractivity contribution < 1.29 is 5.11 Å². The first kappa shape index (κ1) is 7.25. The maximum Gasteiger partial charge on any atom is 0.100 e. The number of nitrogens with zero attached hydrogens (tertiary/aromatic N) is 1. The predicted molar refractivity (Wildman–Crippen MR) is 44.6 cm³/mol. The van der Waals surface area contributed by atoms with Crippen LogP contribution in [0.25, 0.3) is 0 Å². The number of hydrogen-bond donors (Lipinski definition) is 1. The topological polar surface area (TPSA) is 33.1 Å². The van der Waals surface area contributed by atoms with Crippen LogP contribution in [0.1, 0.15) is 29.1 Å². The van der Waals surface area contributed by atoms with E-state index in [1.807, 2.05) is 6.92 Å². The molecule has 1 aromatic heterocycles. The van der Waals surface area contributed by atoms with Crippen molar-refractivity contribution in [3.63, 3.8) is 0 Å². The molecule has 0 bridgehead atoms. The number of hydrogen-bond acceptors (Lipinski definition) is 3. The van der Waals surface area contributed by atoms with Gasteiger partial charge < -0.3 is 5.11 Å². The molecule has 0 amide bonds. The molecule has 0 saturated heterocycles. The van der Waals surface area contributed by atoms with E-state index in [9.17, 15) is 5.11 Å². The fourth-order valence-corrected chi connectivity index (χ4v) is 2.26. The fraction of sp³-hybridized carbons (Fsp3) is 0.625. The summed E-state index contributed by atoms with van der Waals surface area (Å²) in [5, 5.41) is 10.9. The van der Waals surface area contributed by atoms with Gasteiger partial charge in [0.05, 0.1) is 9.88 Å². The molecule has 2 nitrogen and oxygen atoms in total. The third-order valence-corrected chi connectivity index (χ3v) is 3.37. The quantitative estimate of drug-likeness (QED) is 0.695. The highest BCUT2D eigenvalue weighted by Crippen LogP contribution is 2.42. The van der Waals surface area contributed by atoms with Crippen molar-refractivity contribution in [1.82, 2.24) is 4.98 Å². The maximum absolute atomic E-state index is 9.87. The Morgan fingerprint density at radius 2 is 2.36 bits per heavy atom. The van der Waals surface area contributed by atoms with E-state index in [4.69, 9.17) is 0 Å². The van der Waals surface area contributed by atoms with Crippen molar-refractivity contribution in [1.29, 1.82) is 0 Å². The van der Waals surface area contributed by atoms with Crippen molar-refractivity contribution >= 4 is 11.3 Å². The Morgan fingerprint density at radius 3 is 2.73 bits per heavy atom. The molecule has 1 heterocycles. The minimum absolute atomic E-state index is 0.508. The third-order valence-electron chi connectivity index (χ3n) is 2.26. The number of aliphatic hydroxyl groups is 1. The van der Waals surface area contributed by atoms with Gasteiger partial charge in [-0.05, 0) is 26.2 Å². The zero-order chi connectivity index (χ0) is 7.90. The molecule has 1 saturated carbocycles. The maximum atomic E-state index is 9.87. The highest BCUT2D eigenvalue weighted by molar-refractivity contribution is 7.11. The zero-order valence-corrected chi connectivity index (χ0v) is 7.32. The third kappa shape index (κ3) is 1.08. The zero-order valence-electron chi connectivity index (χ0n) is 6.50. The minimum atomic E-state index is -0.508. The molecule has 0 unspecified atom stereocenters. The van der Waals surface area contributed by atoms with Crippen LogP contribution >= 0.6 is 11.3 Å². The Labute approximate surface area is 69.9 Å². The smallest absolute Gasteiger partial charge is 0.100 e. The molecule has 0 aliphatic heterocycles. The molecule has 1 N–H and O–H groups in total. The van der Waals surface area contributed by atoms with E-state index in [0.29, 0.717) is 0 Å². The lowest BCUT2D eigenvalue weighted by Gasteiger charge is -2.35. The van der Waals surface area contributed by atoms with Crippen LogP contribution in [0.15, 0.2) is 6.20 Å². The molecule has 0 aromatic carbocycles. The summed E-state index contributed by atoms with van der Waals surface area (Å²) in [7, 11) is 0. The summed E-state index contributed by atoms with van der Waals surface area (Å²) in [6.45, 7) is 1.97. The van der Waals surface area contributed by atoms with Crippen molar-refractivity contribution in [2.75, 3.05) is 0 Å². The van der Waals surface area contributed by atoms with Crippen molar-refractivity contribution in [3.05, 3.63) is 16.1 Å². The second-order valence-corrected chi connectivity index (χ2v) is 4.36. The predicted octanol–water partition coefficient (Wildman–Crippen LogP) is 1.82. The number of rotatable bonds is 1. The van der Waals surface area contributed by atoms with Crippen molar-refractivity contribution in [2.45, 2.75) is 31.8 Å². The van der Waals surface area contributed by atoms with Gasteiger partial charge in [-0.25, -0.2) is 4.98 Å². The monoisotopic (exact) mass is 169 g/mol. The summed E-state index contributed by atoms with van der Waals surface area (Å²) in [5.41, 5.74) is -0.508. The molecule has 0 radical (unpaired) electrons. The molecule has 0 atom stereocenters. The minimum Gasteiger partial charge on any atom is -0.384 e. The Morgan fingerprint density at radius 1 is 1.64 bits per heavy atom. The van der Waals surface area contributed by atoms with Gasteiger partial charge in [0, 0.05) is 6.20 Å². The summed E-state index contributed by atoms with van der Waals surface area (Å²) in [5.74, 6) is 0. The van der Waals surface area contributed by atoms with E-state index in [0.717, 1.165) is 29.1 Å². The van der Waals surface area contributed by atoms with Gasteiger partial charge in [-0.1, -0.05) is 0 Å². The second-order valence-electron chi connectivity index (χ2n) is 3.13. The van der Waals surface area contributed by atoms with E-state index in [-0.39, 0.29) is 0 Å². The van der Waals surface area contributed by atoms with E-state index >= 15 is 0 Å². The van der Waals surface area contributed by atoms with E-state index < -0.39 is 5.60 Å². The van der Waals surface area contributed by atoms with Crippen LogP contribution in [-0.4, -0.2) is 10.1 Å². The molecule has 11 heavy (non-hydrogen) atoms. The van der Waals surface area contributed by atoms with Gasteiger partial charge in [-0.15, -0.1) is 11.3 Å². The van der Waals surface area contributed by atoms with Crippen LogP contribution in [0.2, 0.25) is 0 Å². The summed E-state index contributed by atoms with van der Waals surface area (Å²) in [6, 6.07) is 0. The summed E-state index contributed by atoms with van der Waals surface area (Å²) in [6.07, 6.45) is 4.77. The molecule has 3 heteroatoms. The highest BCUT2D eigenvalue weighted by atomic mass is 32.1. The summed E-state index contributed by atoms with van der Waals surface area (Å²) in [4.78, 5) is 5.17. The number of thiazole rings is 1. The van der Waals surface area contributed by atoms with Gasteiger partial charge in [0.15, 0.2) is 0 Å². The van der Waals surface area contributed by atoms with Crippen molar-refractivity contribution in [3.8, 4) is 0 Å². The van der Waals surface area contributed by atoms with Gasteiger partial charge in [-0.2, -0.15) is 0 Å². The molecule has 1 aromatic rings. The number of aromatic nitrogens is 1. The Bertz CT molecular complexity index is 265. The van der Waals surface area contributed by atoms with Crippen LogP contribution in [0.4, 0.5) is 0 Å². The molecule has 1 aliphatic carbocycles. The van der Waals surface area contributed by atoms with Crippen LogP contribution in [0.3, 0.4) is 0 Å². The second kappa shape index (κ2) is 2.29. The molecule has 0 spiro atoms. The van der Waals surface area contributed by atoms with Crippen molar-refractivity contribution in [2.24, 2.45) is 0 Å². The van der Waals surface area contributed by atoms with Crippen LogP contribution in [-0.2, 0) is 5.60 Å². The van der Waals surface area contributed by atoms with E-state index in [2.05, 4.69) is 4.98 Å². The Kier molecular flexibility index (Phi) is 1.51. The Balaban J connectivity index is 2.28. The average Bonchev–Trinajstić information content (AvgIpc) is 2.31. The molecular formula is C8H11NOS. The average molecular weight is 169 g/mol. The summed E-state index contributed by atoms with van der Waals surface area (Å²) < 4.78 is 0. The highest BCUT2D eigenvalue weighted by Gasteiger charge is 2.37. The first-order valence-electron chi connectivity index (χ1n) is 3.86. The lowest BCUT2D eigenvalue weighted by atomic mass is 9.79. The Hall–Kier alpha value is -0.410. The standard InChI is InChI=1S/C8H11NOS/c1-6-9-5-7(11-6)8(10)3-2-4-8/h5,10H,2-4H2,1H3. The number of aryl methyl sites for hydroxylation is 1. The van der Waals surface area contributed by atoms with Gasteiger partial charge in [0.1, 0.15) is 5.60 Å². The normalized spacial score (nSPS) is 21.3. The van der Waals surface area contributed by atoms with E-state index in [1.165, 1.54) is 0 Å².